The fourth-order valence-electron chi connectivity index (χ4n) is 1.42. The lowest BCUT2D eigenvalue weighted by atomic mass is 9.91. The summed E-state index contributed by atoms with van der Waals surface area (Å²) in [5.74, 6) is 0. The van der Waals surface area contributed by atoms with Crippen LogP contribution in [0.1, 0.15) is 47.0 Å². The SMILES string of the molecule is CCC[C@@H](N)C(C)(CC)OCC. The van der Waals surface area contributed by atoms with Gasteiger partial charge < -0.3 is 10.5 Å². The molecule has 0 saturated carbocycles. The van der Waals surface area contributed by atoms with Gasteiger partial charge in [0, 0.05) is 12.6 Å². The van der Waals surface area contributed by atoms with E-state index < -0.39 is 0 Å². The first kappa shape index (κ1) is 11.9. The fraction of sp³-hybridized carbons (Fsp3) is 1.00. The first-order valence-electron chi connectivity index (χ1n) is 5.00. The molecule has 0 bridgehead atoms. The Kier molecular flexibility index (Phi) is 5.51. The molecule has 2 N–H and O–H groups in total. The van der Waals surface area contributed by atoms with Crippen molar-refractivity contribution in [1.29, 1.82) is 0 Å². The van der Waals surface area contributed by atoms with Crippen molar-refractivity contribution in [2.75, 3.05) is 6.61 Å². The molecule has 0 rings (SSSR count). The minimum absolute atomic E-state index is 0.120. The average Bonchev–Trinajstić information content (AvgIpc) is 2.05. The first-order chi connectivity index (χ1) is 5.60. The Hall–Kier alpha value is -0.0800. The van der Waals surface area contributed by atoms with Gasteiger partial charge in [-0.05, 0) is 26.7 Å². The summed E-state index contributed by atoms with van der Waals surface area (Å²) in [4.78, 5) is 0. The van der Waals surface area contributed by atoms with Crippen molar-refractivity contribution >= 4 is 0 Å². The van der Waals surface area contributed by atoms with Gasteiger partial charge in [0.25, 0.3) is 0 Å². The van der Waals surface area contributed by atoms with Crippen LogP contribution in [0.25, 0.3) is 0 Å². The Morgan fingerprint density at radius 1 is 1.33 bits per heavy atom. The van der Waals surface area contributed by atoms with E-state index in [4.69, 9.17) is 10.5 Å². The maximum atomic E-state index is 6.03. The lowest BCUT2D eigenvalue weighted by Gasteiger charge is -2.34. The smallest absolute Gasteiger partial charge is 0.0801 e. The van der Waals surface area contributed by atoms with Gasteiger partial charge in [0.05, 0.1) is 5.60 Å². The molecule has 0 aliphatic rings. The highest BCUT2D eigenvalue weighted by atomic mass is 16.5. The van der Waals surface area contributed by atoms with Gasteiger partial charge in [0.15, 0.2) is 0 Å². The largest absolute Gasteiger partial charge is 0.374 e. The molecular weight excluding hydrogens is 150 g/mol. The van der Waals surface area contributed by atoms with Crippen molar-refractivity contribution in [1.82, 2.24) is 0 Å². The topological polar surface area (TPSA) is 35.2 Å². The van der Waals surface area contributed by atoms with Crippen molar-refractivity contribution in [2.45, 2.75) is 58.6 Å². The minimum Gasteiger partial charge on any atom is -0.374 e. The number of hydrogen-bond donors (Lipinski definition) is 1. The Morgan fingerprint density at radius 3 is 2.25 bits per heavy atom. The predicted molar refractivity (Wildman–Crippen MR) is 53.2 cm³/mol. The molecule has 2 atom stereocenters. The summed E-state index contributed by atoms with van der Waals surface area (Å²) < 4.78 is 5.67. The number of ether oxygens (including phenoxy) is 1. The van der Waals surface area contributed by atoms with Gasteiger partial charge >= 0.3 is 0 Å². The van der Waals surface area contributed by atoms with E-state index in [0.29, 0.717) is 0 Å². The Morgan fingerprint density at radius 2 is 1.92 bits per heavy atom. The van der Waals surface area contributed by atoms with Gasteiger partial charge in [-0.3, -0.25) is 0 Å². The predicted octanol–water partition coefficient (Wildman–Crippen LogP) is 2.32. The highest BCUT2D eigenvalue weighted by Crippen LogP contribution is 2.21. The zero-order valence-corrected chi connectivity index (χ0v) is 8.89. The van der Waals surface area contributed by atoms with Crippen LogP contribution >= 0.6 is 0 Å². The van der Waals surface area contributed by atoms with E-state index in [1.54, 1.807) is 0 Å². The van der Waals surface area contributed by atoms with Crippen LogP contribution in [0.3, 0.4) is 0 Å². The molecule has 2 nitrogen and oxygen atoms in total. The van der Waals surface area contributed by atoms with Crippen LogP contribution in [0.4, 0.5) is 0 Å². The van der Waals surface area contributed by atoms with Gasteiger partial charge in [0.1, 0.15) is 0 Å². The van der Waals surface area contributed by atoms with E-state index >= 15 is 0 Å². The van der Waals surface area contributed by atoms with Crippen molar-refractivity contribution in [3.63, 3.8) is 0 Å². The van der Waals surface area contributed by atoms with Crippen molar-refractivity contribution in [3.05, 3.63) is 0 Å². The molecule has 0 aromatic rings. The molecule has 0 spiro atoms. The standard InChI is InChI=1S/C10H23NO/c1-5-8-9(11)10(4,6-2)12-7-3/h9H,5-8,11H2,1-4H3/t9-,10?/m1/s1. The summed E-state index contributed by atoms with van der Waals surface area (Å²) in [6.07, 6.45) is 3.16. The van der Waals surface area contributed by atoms with E-state index in [2.05, 4.69) is 20.8 Å². The molecule has 0 aliphatic carbocycles. The average molecular weight is 173 g/mol. The maximum Gasteiger partial charge on any atom is 0.0801 e. The maximum absolute atomic E-state index is 6.03. The first-order valence-corrected chi connectivity index (χ1v) is 5.00. The van der Waals surface area contributed by atoms with E-state index in [1.807, 2.05) is 6.92 Å². The van der Waals surface area contributed by atoms with Crippen molar-refractivity contribution < 1.29 is 4.74 Å². The Balaban J connectivity index is 4.08. The molecule has 2 heteroatoms. The molecule has 0 saturated heterocycles. The number of nitrogens with two attached hydrogens (primary N) is 1. The lowest BCUT2D eigenvalue weighted by molar-refractivity contribution is -0.0480. The van der Waals surface area contributed by atoms with Crippen LogP contribution in [0.5, 0.6) is 0 Å². The molecule has 0 heterocycles. The van der Waals surface area contributed by atoms with Crippen molar-refractivity contribution in [2.24, 2.45) is 5.73 Å². The number of rotatable bonds is 6. The van der Waals surface area contributed by atoms with Gasteiger partial charge in [-0.15, -0.1) is 0 Å². The van der Waals surface area contributed by atoms with Gasteiger partial charge in [-0.25, -0.2) is 0 Å². The summed E-state index contributed by atoms with van der Waals surface area (Å²) in [5, 5.41) is 0. The van der Waals surface area contributed by atoms with Crippen molar-refractivity contribution in [3.8, 4) is 0 Å². The van der Waals surface area contributed by atoms with E-state index in [9.17, 15) is 0 Å². The zero-order valence-electron chi connectivity index (χ0n) is 8.89. The van der Waals surface area contributed by atoms with Crippen LogP contribution in [-0.4, -0.2) is 18.2 Å². The molecule has 74 valence electrons. The molecule has 1 unspecified atom stereocenters. The molecular formula is C10H23NO. The second kappa shape index (κ2) is 5.55. The van der Waals surface area contributed by atoms with Crippen LogP contribution in [0.15, 0.2) is 0 Å². The lowest BCUT2D eigenvalue weighted by Crippen LogP contribution is -2.47. The monoisotopic (exact) mass is 173 g/mol. The third-order valence-corrected chi connectivity index (χ3v) is 2.56. The van der Waals surface area contributed by atoms with Gasteiger partial charge in [0.2, 0.25) is 0 Å². The third kappa shape index (κ3) is 3.11. The third-order valence-electron chi connectivity index (χ3n) is 2.56. The quantitative estimate of drug-likeness (QED) is 0.669. The van der Waals surface area contributed by atoms with Gasteiger partial charge in [-0.2, -0.15) is 0 Å². The summed E-state index contributed by atoms with van der Waals surface area (Å²) >= 11 is 0. The number of hydrogen-bond acceptors (Lipinski definition) is 2. The molecule has 0 fully saturated rings. The van der Waals surface area contributed by atoms with E-state index in [1.165, 1.54) is 0 Å². The Bertz CT molecular complexity index is 116. The fourth-order valence-corrected chi connectivity index (χ4v) is 1.42. The molecule has 0 aliphatic heterocycles. The normalized spacial score (nSPS) is 18.8. The summed E-state index contributed by atoms with van der Waals surface area (Å²) in [7, 11) is 0. The minimum atomic E-state index is -0.120. The highest BCUT2D eigenvalue weighted by Gasteiger charge is 2.29. The zero-order chi connectivity index (χ0) is 9.61. The van der Waals surface area contributed by atoms with Crippen LogP contribution < -0.4 is 5.73 Å². The second-order valence-electron chi connectivity index (χ2n) is 3.49. The Labute approximate surface area is 76.5 Å². The van der Waals surface area contributed by atoms with Crippen LogP contribution in [0, 0.1) is 0 Å². The van der Waals surface area contributed by atoms with Crippen LogP contribution in [-0.2, 0) is 4.74 Å². The molecule has 0 aromatic heterocycles. The highest BCUT2D eigenvalue weighted by molar-refractivity contribution is 4.85. The molecule has 0 radical (unpaired) electrons. The molecule has 12 heavy (non-hydrogen) atoms. The molecule has 0 aromatic carbocycles. The summed E-state index contributed by atoms with van der Waals surface area (Å²) in [6.45, 7) is 9.16. The summed E-state index contributed by atoms with van der Waals surface area (Å²) in [6, 6.07) is 0.174. The van der Waals surface area contributed by atoms with E-state index in [-0.39, 0.29) is 11.6 Å². The summed E-state index contributed by atoms with van der Waals surface area (Å²) in [5.41, 5.74) is 5.91. The second-order valence-corrected chi connectivity index (χ2v) is 3.49. The van der Waals surface area contributed by atoms with Gasteiger partial charge in [-0.1, -0.05) is 20.3 Å². The van der Waals surface area contributed by atoms with Crippen LogP contribution in [0.2, 0.25) is 0 Å². The van der Waals surface area contributed by atoms with E-state index in [0.717, 1.165) is 25.9 Å². The molecule has 0 amide bonds.